The lowest BCUT2D eigenvalue weighted by Crippen LogP contribution is -2.19. The van der Waals surface area contributed by atoms with Crippen molar-refractivity contribution < 1.29 is 9.47 Å². The van der Waals surface area contributed by atoms with Gasteiger partial charge in [-0.1, -0.05) is 42.5 Å². The third-order valence-corrected chi connectivity index (χ3v) is 7.57. The Bertz CT molecular complexity index is 1590. The van der Waals surface area contributed by atoms with Gasteiger partial charge in [-0.15, -0.1) is 5.10 Å². The van der Waals surface area contributed by atoms with Crippen LogP contribution in [-0.2, 0) is 11.8 Å². The predicted molar refractivity (Wildman–Crippen MR) is 149 cm³/mol. The number of nitrogens with zero attached hydrogens (tertiary/aromatic N) is 5. The van der Waals surface area contributed by atoms with Gasteiger partial charge in [0.05, 0.1) is 13.2 Å². The van der Waals surface area contributed by atoms with E-state index in [1.807, 2.05) is 40.5 Å². The molecule has 0 spiro atoms. The molecule has 1 N–H and O–H groups in total. The Labute approximate surface area is 222 Å². The van der Waals surface area contributed by atoms with Crippen LogP contribution in [0.25, 0.3) is 39.4 Å². The van der Waals surface area contributed by atoms with Gasteiger partial charge >= 0.3 is 0 Å². The molecule has 6 rings (SSSR count). The third kappa shape index (κ3) is 4.20. The maximum atomic E-state index is 5.67. The SMILES string of the molecule is COc1cccc(-c2cn3nc(-c4nccn4C)nc(N[C@@H]4CC[C@@H](OC)C4)c3c2-c2ccccc2)c1C. The van der Waals surface area contributed by atoms with Gasteiger partial charge in [-0.2, -0.15) is 0 Å². The minimum absolute atomic E-state index is 0.258. The van der Waals surface area contributed by atoms with Crippen LogP contribution in [0.2, 0.25) is 0 Å². The number of ether oxygens (including phenoxy) is 2. The first kappa shape index (κ1) is 24.2. The summed E-state index contributed by atoms with van der Waals surface area (Å²) >= 11 is 0. The van der Waals surface area contributed by atoms with Gasteiger partial charge in [-0.25, -0.2) is 14.5 Å². The van der Waals surface area contributed by atoms with Crippen LogP contribution >= 0.6 is 0 Å². The van der Waals surface area contributed by atoms with E-state index in [9.17, 15) is 0 Å². The maximum absolute atomic E-state index is 5.67. The number of methoxy groups -OCH3 is 2. The summed E-state index contributed by atoms with van der Waals surface area (Å²) in [5.41, 5.74) is 6.37. The molecule has 1 fully saturated rings. The Morgan fingerprint density at radius 3 is 2.55 bits per heavy atom. The monoisotopic (exact) mass is 508 g/mol. The zero-order valence-electron chi connectivity index (χ0n) is 22.2. The van der Waals surface area contributed by atoms with E-state index in [4.69, 9.17) is 19.6 Å². The molecule has 8 nitrogen and oxygen atoms in total. The van der Waals surface area contributed by atoms with Crippen molar-refractivity contribution in [2.24, 2.45) is 7.05 Å². The van der Waals surface area contributed by atoms with Gasteiger partial charge in [0, 0.05) is 49.9 Å². The molecule has 5 aromatic rings. The summed E-state index contributed by atoms with van der Waals surface area (Å²) in [6, 6.07) is 16.9. The lowest BCUT2D eigenvalue weighted by molar-refractivity contribution is 0.108. The van der Waals surface area contributed by atoms with E-state index in [0.29, 0.717) is 11.6 Å². The average molecular weight is 509 g/mol. The lowest BCUT2D eigenvalue weighted by Gasteiger charge is -2.17. The number of hydrogen-bond donors (Lipinski definition) is 1. The van der Waals surface area contributed by atoms with Gasteiger partial charge in [-0.3, -0.25) is 0 Å². The Morgan fingerprint density at radius 1 is 1.00 bits per heavy atom. The zero-order valence-corrected chi connectivity index (χ0v) is 22.2. The Hall–Kier alpha value is -4.17. The first-order chi connectivity index (χ1) is 18.6. The van der Waals surface area contributed by atoms with Crippen molar-refractivity contribution in [2.45, 2.75) is 38.3 Å². The van der Waals surface area contributed by atoms with Gasteiger partial charge in [-0.05, 0) is 48.9 Å². The second-order valence-electron chi connectivity index (χ2n) is 9.87. The van der Waals surface area contributed by atoms with Crippen LogP contribution in [0.15, 0.2) is 67.1 Å². The predicted octanol–water partition coefficient (Wildman–Crippen LogP) is 5.76. The fourth-order valence-electron chi connectivity index (χ4n) is 5.57. The van der Waals surface area contributed by atoms with Crippen LogP contribution in [0, 0.1) is 6.92 Å². The van der Waals surface area contributed by atoms with E-state index in [-0.39, 0.29) is 12.1 Å². The summed E-state index contributed by atoms with van der Waals surface area (Å²) in [5, 5.41) is 8.74. The number of hydrogen-bond acceptors (Lipinski definition) is 6. The highest BCUT2D eigenvalue weighted by Gasteiger charge is 2.28. The normalized spacial score (nSPS) is 17.3. The molecule has 2 atom stereocenters. The van der Waals surface area contributed by atoms with Gasteiger partial charge in [0.1, 0.15) is 11.3 Å². The highest BCUT2D eigenvalue weighted by molar-refractivity contribution is 5.99. The van der Waals surface area contributed by atoms with E-state index >= 15 is 0 Å². The minimum atomic E-state index is 0.258. The number of anilines is 1. The Balaban J connectivity index is 1.63. The molecule has 3 heterocycles. The molecule has 0 amide bonds. The summed E-state index contributed by atoms with van der Waals surface area (Å²) in [4.78, 5) is 9.61. The van der Waals surface area contributed by atoms with E-state index < -0.39 is 0 Å². The molecule has 38 heavy (non-hydrogen) atoms. The van der Waals surface area contributed by atoms with E-state index in [1.54, 1.807) is 20.4 Å². The van der Waals surface area contributed by atoms with Crippen molar-refractivity contribution in [1.82, 2.24) is 24.1 Å². The van der Waals surface area contributed by atoms with Crippen LogP contribution in [0.5, 0.6) is 5.75 Å². The minimum Gasteiger partial charge on any atom is -0.496 e. The van der Waals surface area contributed by atoms with Crippen molar-refractivity contribution in [3.63, 3.8) is 0 Å². The second-order valence-corrected chi connectivity index (χ2v) is 9.87. The molecule has 2 aromatic carbocycles. The number of fused-ring (bicyclic) bond motifs is 1. The van der Waals surface area contributed by atoms with Crippen LogP contribution in [0.1, 0.15) is 24.8 Å². The first-order valence-electron chi connectivity index (χ1n) is 13.0. The second kappa shape index (κ2) is 9.95. The molecule has 0 saturated heterocycles. The largest absolute Gasteiger partial charge is 0.496 e. The zero-order chi connectivity index (χ0) is 26.2. The molecule has 1 aliphatic carbocycles. The topological polar surface area (TPSA) is 78.5 Å². The molecule has 3 aromatic heterocycles. The molecule has 0 aliphatic heterocycles. The van der Waals surface area contributed by atoms with Crippen molar-refractivity contribution in [2.75, 3.05) is 19.5 Å². The third-order valence-electron chi connectivity index (χ3n) is 7.57. The van der Waals surface area contributed by atoms with E-state index in [1.165, 1.54) is 0 Å². The van der Waals surface area contributed by atoms with Crippen LogP contribution in [-0.4, -0.2) is 50.5 Å². The number of aromatic nitrogens is 5. The van der Waals surface area contributed by atoms with E-state index in [2.05, 4.69) is 53.8 Å². The molecule has 194 valence electrons. The van der Waals surface area contributed by atoms with Gasteiger partial charge in [0.15, 0.2) is 11.6 Å². The van der Waals surface area contributed by atoms with Gasteiger partial charge in [0.2, 0.25) is 5.82 Å². The summed E-state index contributed by atoms with van der Waals surface area (Å²) < 4.78 is 15.2. The van der Waals surface area contributed by atoms with Gasteiger partial charge in [0.25, 0.3) is 0 Å². The van der Waals surface area contributed by atoms with E-state index in [0.717, 1.165) is 64.2 Å². The standard InChI is InChI=1S/C30H32N6O2/c1-19-23(11-8-12-25(19)38-4)24-18-36-27(26(24)20-9-6-5-7-10-20)28(32-21-13-14-22(17-21)37-3)33-29(34-36)30-31-15-16-35(30)2/h5-12,15-16,18,21-22H,13-14,17H2,1-4H3,(H,32,33,34)/t21-,22-/m1/s1. The number of nitrogens with one attached hydrogen (secondary N) is 1. The van der Waals surface area contributed by atoms with Crippen LogP contribution < -0.4 is 10.1 Å². The molecule has 0 bridgehead atoms. The molecular weight excluding hydrogens is 476 g/mol. The van der Waals surface area contributed by atoms with Gasteiger partial charge < -0.3 is 19.4 Å². The summed E-state index contributed by atoms with van der Waals surface area (Å²) in [5.74, 6) is 2.93. The lowest BCUT2D eigenvalue weighted by atomic mass is 9.94. The number of rotatable bonds is 7. The highest BCUT2D eigenvalue weighted by atomic mass is 16.5. The Morgan fingerprint density at radius 2 is 1.84 bits per heavy atom. The molecule has 1 saturated carbocycles. The van der Waals surface area contributed by atoms with Crippen molar-refractivity contribution >= 4 is 11.3 Å². The molecule has 0 unspecified atom stereocenters. The van der Waals surface area contributed by atoms with Crippen LogP contribution in [0.4, 0.5) is 5.82 Å². The molecular formula is C30H32N6O2. The quantitative estimate of drug-likeness (QED) is 0.301. The maximum Gasteiger partial charge on any atom is 0.218 e. The fraction of sp³-hybridized carbons (Fsp3) is 0.300. The molecule has 1 aliphatic rings. The highest BCUT2D eigenvalue weighted by Crippen LogP contribution is 2.42. The average Bonchev–Trinajstić information content (AvgIpc) is 3.67. The van der Waals surface area contributed by atoms with Crippen molar-refractivity contribution in [1.29, 1.82) is 0 Å². The molecule has 8 heteroatoms. The van der Waals surface area contributed by atoms with Crippen molar-refractivity contribution in [3.05, 3.63) is 72.7 Å². The first-order valence-corrected chi connectivity index (χ1v) is 13.0. The smallest absolute Gasteiger partial charge is 0.218 e. The fourth-order valence-corrected chi connectivity index (χ4v) is 5.57. The summed E-state index contributed by atoms with van der Waals surface area (Å²) in [6.45, 7) is 2.10. The summed E-state index contributed by atoms with van der Waals surface area (Å²) in [7, 11) is 5.46. The van der Waals surface area contributed by atoms with Crippen molar-refractivity contribution in [3.8, 4) is 39.7 Å². The molecule has 0 radical (unpaired) electrons. The Kier molecular flexibility index (Phi) is 6.33. The number of benzene rings is 2. The van der Waals surface area contributed by atoms with Crippen LogP contribution in [0.3, 0.4) is 0 Å². The number of imidazole rings is 1. The summed E-state index contributed by atoms with van der Waals surface area (Å²) in [6.07, 6.45) is 9.03. The number of aryl methyl sites for hydroxylation is 1.